The maximum Gasteiger partial charge on any atom is 0.312 e. The molecule has 7 heteroatoms. The Morgan fingerprint density at radius 2 is 2.27 bits per heavy atom. The van der Waals surface area contributed by atoms with E-state index in [-0.39, 0.29) is 11.9 Å². The van der Waals surface area contributed by atoms with Gasteiger partial charge in [0.1, 0.15) is 6.04 Å². The predicted octanol–water partition coefficient (Wildman–Crippen LogP) is 2.23. The molecule has 0 bridgehead atoms. The van der Waals surface area contributed by atoms with Crippen molar-refractivity contribution in [2.24, 2.45) is 5.73 Å². The summed E-state index contributed by atoms with van der Waals surface area (Å²) in [5, 5.41) is 6.23. The lowest BCUT2D eigenvalue weighted by molar-refractivity contribution is -0.123. The van der Waals surface area contributed by atoms with E-state index in [2.05, 4.69) is 10.6 Å². The van der Waals surface area contributed by atoms with Crippen LogP contribution in [0.3, 0.4) is 0 Å². The number of carbonyl (C=O) groups excluding carboxylic acids is 2. The van der Waals surface area contributed by atoms with E-state index in [1.807, 2.05) is 24.5 Å². The van der Waals surface area contributed by atoms with Crippen LogP contribution < -0.4 is 16.4 Å². The highest BCUT2D eigenvalue weighted by molar-refractivity contribution is 7.98. The Balaban J connectivity index is 2.03. The minimum absolute atomic E-state index is 0.0359. The first-order valence-electron chi connectivity index (χ1n) is 7.15. The molecule has 2 atom stereocenters. The lowest BCUT2D eigenvalue weighted by atomic mass is 10.1. The summed E-state index contributed by atoms with van der Waals surface area (Å²) in [6.45, 7) is 0. The van der Waals surface area contributed by atoms with Crippen LogP contribution in [0, 0.1) is 0 Å². The molecule has 0 radical (unpaired) electrons. The second-order valence-corrected chi connectivity index (χ2v) is 6.71. The fourth-order valence-electron chi connectivity index (χ4n) is 2.68. The summed E-state index contributed by atoms with van der Waals surface area (Å²) in [7, 11) is 0. The van der Waals surface area contributed by atoms with Crippen molar-refractivity contribution >= 4 is 35.3 Å². The first-order chi connectivity index (χ1) is 10.5. The molecule has 0 heterocycles. The van der Waals surface area contributed by atoms with E-state index < -0.39 is 12.1 Å². The average molecular weight is 342 g/mol. The van der Waals surface area contributed by atoms with Crippen LogP contribution in [0.1, 0.15) is 30.0 Å². The molecule has 1 aliphatic rings. The van der Waals surface area contributed by atoms with Crippen LogP contribution in [0.25, 0.3) is 0 Å². The number of thioether (sulfide) groups is 1. The molecule has 0 fully saturated rings. The summed E-state index contributed by atoms with van der Waals surface area (Å²) in [5.41, 5.74) is 7.42. The van der Waals surface area contributed by atoms with Crippen LogP contribution in [-0.4, -0.2) is 30.0 Å². The minimum Gasteiger partial charge on any atom is -0.352 e. The molecule has 22 heavy (non-hydrogen) atoms. The highest BCUT2D eigenvalue weighted by atomic mass is 35.5. The van der Waals surface area contributed by atoms with Gasteiger partial charge in [-0.3, -0.25) is 4.79 Å². The van der Waals surface area contributed by atoms with Crippen LogP contribution in [0.15, 0.2) is 18.2 Å². The number of carbonyl (C=O) groups is 2. The zero-order valence-electron chi connectivity index (χ0n) is 12.4. The van der Waals surface area contributed by atoms with Gasteiger partial charge in [0.2, 0.25) is 5.91 Å². The Morgan fingerprint density at radius 1 is 1.50 bits per heavy atom. The van der Waals surface area contributed by atoms with E-state index in [0.717, 1.165) is 24.2 Å². The first-order valence-corrected chi connectivity index (χ1v) is 8.92. The molecule has 0 aromatic heterocycles. The topological polar surface area (TPSA) is 84.2 Å². The van der Waals surface area contributed by atoms with Crippen molar-refractivity contribution in [1.29, 1.82) is 0 Å². The van der Waals surface area contributed by atoms with E-state index in [1.54, 1.807) is 11.8 Å². The summed E-state index contributed by atoms with van der Waals surface area (Å²) >= 11 is 7.61. The molecule has 3 amide bonds. The van der Waals surface area contributed by atoms with E-state index in [4.69, 9.17) is 17.3 Å². The Hall–Kier alpha value is -1.40. The van der Waals surface area contributed by atoms with Crippen LogP contribution in [0.4, 0.5) is 4.79 Å². The van der Waals surface area contributed by atoms with E-state index >= 15 is 0 Å². The molecule has 1 aliphatic carbocycles. The van der Waals surface area contributed by atoms with Gasteiger partial charge < -0.3 is 16.4 Å². The Morgan fingerprint density at radius 3 is 2.95 bits per heavy atom. The van der Waals surface area contributed by atoms with E-state index in [9.17, 15) is 9.59 Å². The lowest BCUT2D eigenvalue weighted by Crippen LogP contribution is -2.49. The van der Waals surface area contributed by atoms with Gasteiger partial charge in [0.15, 0.2) is 0 Å². The lowest BCUT2D eigenvalue weighted by Gasteiger charge is -2.20. The Bertz CT molecular complexity index is 568. The Kier molecular flexibility index (Phi) is 5.97. The quantitative estimate of drug-likeness (QED) is 0.741. The number of hydrogen-bond donors (Lipinski definition) is 3. The zero-order chi connectivity index (χ0) is 16.1. The fourth-order valence-corrected chi connectivity index (χ4v) is 3.35. The van der Waals surface area contributed by atoms with Crippen LogP contribution >= 0.6 is 23.4 Å². The third-order valence-electron chi connectivity index (χ3n) is 3.74. The minimum atomic E-state index is -0.681. The van der Waals surface area contributed by atoms with Gasteiger partial charge in [0, 0.05) is 5.02 Å². The molecule has 0 saturated heterocycles. The van der Waals surface area contributed by atoms with Gasteiger partial charge in [-0.25, -0.2) is 4.79 Å². The third-order valence-corrected chi connectivity index (χ3v) is 4.62. The maximum atomic E-state index is 12.4. The summed E-state index contributed by atoms with van der Waals surface area (Å²) in [6.07, 6.45) is 4.24. The van der Waals surface area contributed by atoms with Gasteiger partial charge in [-0.1, -0.05) is 17.7 Å². The molecule has 120 valence electrons. The Labute approximate surface area is 139 Å². The molecule has 0 spiro atoms. The van der Waals surface area contributed by atoms with E-state index in [0.29, 0.717) is 11.4 Å². The predicted molar refractivity (Wildman–Crippen MR) is 90.2 cm³/mol. The SMILES string of the molecule is CSCC[C@H](NC(N)=O)C(=O)N[C@H]1CCc2cc(Cl)ccc21. The average Bonchev–Trinajstić information content (AvgIpc) is 2.85. The molecule has 2 rings (SSSR count). The number of aryl methyl sites for hydroxylation is 1. The van der Waals surface area contributed by atoms with Crippen molar-refractivity contribution in [1.82, 2.24) is 10.6 Å². The largest absolute Gasteiger partial charge is 0.352 e. The number of amides is 3. The fraction of sp³-hybridized carbons (Fsp3) is 0.467. The van der Waals surface area contributed by atoms with Crippen molar-refractivity contribution in [3.05, 3.63) is 34.3 Å². The normalized spacial score (nSPS) is 17.6. The number of halogens is 1. The zero-order valence-corrected chi connectivity index (χ0v) is 14.0. The van der Waals surface area contributed by atoms with Gasteiger partial charge in [0.25, 0.3) is 0 Å². The van der Waals surface area contributed by atoms with Gasteiger partial charge in [-0.2, -0.15) is 11.8 Å². The second kappa shape index (κ2) is 7.74. The number of nitrogens with two attached hydrogens (primary N) is 1. The van der Waals surface area contributed by atoms with Crippen molar-refractivity contribution in [3.8, 4) is 0 Å². The number of rotatable bonds is 6. The monoisotopic (exact) mass is 341 g/mol. The second-order valence-electron chi connectivity index (χ2n) is 5.29. The molecule has 4 N–H and O–H groups in total. The van der Waals surface area contributed by atoms with Gasteiger partial charge in [-0.15, -0.1) is 0 Å². The van der Waals surface area contributed by atoms with Gasteiger partial charge >= 0.3 is 6.03 Å². The highest BCUT2D eigenvalue weighted by Gasteiger charge is 2.27. The van der Waals surface area contributed by atoms with Gasteiger partial charge in [0.05, 0.1) is 6.04 Å². The third kappa shape index (κ3) is 4.30. The smallest absolute Gasteiger partial charge is 0.312 e. The summed E-state index contributed by atoms with van der Waals surface area (Å²) < 4.78 is 0. The molecule has 0 unspecified atom stereocenters. The van der Waals surface area contributed by atoms with Crippen LogP contribution in [0.2, 0.25) is 5.02 Å². The molecule has 5 nitrogen and oxygen atoms in total. The molecule has 0 saturated carbocycles. The number of benzene rings is 1. The summed E-state index contributed by atoms with van der Waals surface area (Å²) in [4.78, 5) is 23.5. The number of primary amides is 1. The van der Waals surface area contributed by atoms with E-state index in [1.165, 1.54) is 5.56 Å². The van der Waals surface area contributed by atoms with Crippen molar-refractivity contribution in [2.75, 3.05) is 12.0 Å². The van der Waals surface area contributed by atoms with Crippen molar-refractivity contribution in [3.63, 3.8) is 0 Å². The molecule has 0 aliphatic heterocycles. The summed E-state index contributed by atoms with van der Waals surface area (Å²) in [5.74, 6) is 0.579. The molecule has 1 aromatic rings. The molecule has 1 aromatic carbocycles. The molecular weight excluding hydrogens is 322 g/mol. The summed E-state index contributed by atoms with van der Waals surface area (Å²) in [6, 6.07) is 4.41. The molecular formula is C15H20ClN3O2S. The first kappa shape index (κ1) is 17.0. The van der Waals surface area contributed by atoms with Crippen molar-refractivity contribution in [2.45, 2.75) is 31.3 Å². The number of fused-ring (bicyclic) bond motifs is 1. The number of hydrogen-bond acceptors (Lipinski definition) is 3. The maximum absolute atomic E-state index is 12.4. The highest BCUT2D eigenvalue weighted by Crippen LogP contribution is 2.32. The number of urea groups is 1. The number of nitrogens with one attached hydrogen (secondary N) is 2. The van der Waals surface area contributed by atoms with Gasteiger partial charge in [-0.05, 0) is 54.5 Å². The van der Waals surface area contributed by atoms with Crippen LogP contribution in [0.5, 0.6) is 0 Å². The standard InChI is InChI=1S/C15H20ClN3O2S/c1-22-7-6-13(19-15(17)21)14(20)18-12-5-2-9-8-10(16)3-4-11(9)12/h3-4,8,12-13H,2,5-7H2,1H3,(H,18,20)(H3,17,19,21)/t12-,13-/m0/s1. The van der Waals surface area contributed by atoms with Crippen LogP contribution in [-0.2, 0) is 11.2 Å². The van der Waals surface area contributed by atoms with Crippen molar-refractivity contribution < 1.29 is 9.59 Å².